The summed E-state index contributed by atoms with van der Waals surface area (Å²) in [5.41, 5.74) is 5.52. The monoisotopic (exact) mass is 328 g/mol. The van der Waals surface area contributed by atoms with Gasteiger partial charge < -0.3 is 20.9 Å². The van der Waals surface area contributed by atoms with Crippen molar-refractivity contribution >= 4 is 17.8 Å². The molecule has 0 heterocycles. The molecule has 0 bridgehead atoms. The maximum atomic E-state index is 12.2. The van der Waals surface area contributed by atoms with Crippen LogP contribution in [0.1, 0.15) is 53.4 Å². The van der Waals surface area contributed by atoms with E-state index in [1.54, 1.807) is 0 Å². The Morgan fingerprint density at radius 1 is 1.30 bits per heavy atom. The lowest BCUT2D eigenvalue weighted by atomic mass is 9.78. The number of carboxylic acids is 1. The lowest BCUT2D eigenvalue weighted by molar-refractivity contribution is -0.156. The van der Waals surface area contributed by atoms with Crippen molar-refractivity contribution in [1.82, 2.24) is 5.32 Å². The van der Waals surface area contributed by atoms with Crippen molar-refractivity contribution in [2.45, 2.75) is 71.6 Å². The maximum Gasteiger partial charge on any atom is 0.328 e. The number of carbonyl (C=O) groups is 3. The molecule has 0 spiro atoms. The van der Waals surface area contributed by atoms with Crippen LogP contribution in [0.3, 0.4) is 0 Å². The number of nitrogens with two attached hydrogens (primary N) is 1. The summed E-state index contributed by atoms with van der Waals surface area (Å²) in [6.45, 7) is 7.88. The standard InChI is InChI=1S/C16H28N2O5/c1-9(18-14(21)11(17)8-13(19)20)15(22)23-12-7-5-6-10(12)16(2,3)4/h9-12H,5-8,17H2,1-4H3,(H,18,21)(H,19,20)/t9-,10?,11+,12?/m1/s1. The van der Waals surface area contributed by atoms with E-state index >= 15 is 0 Å². The number of aliphatic carboxylic acids is 1. The van der Waals surface area contributed by atoms with E-state index < -0.39 is 36.4 Å². The second-order valence-corrected chi connectivity index (χ2v) is 7.31. The summed E-state index contributed by atoms with van der Waals surface area (Å²) in [4.78, 5) is 34.4. The number of esters is 1. The predicted molar refractivity (Wildman–Crippen MR) is 84.5 cm³/mol. The van der Waals surface area contributed by atoms with E-state index in [-0.39, 0.29) is 11.5 Å². The molecule has 23 heavy (non-hydrogen) atoms. The minimum absolute atomic E-state index is 0.0533. The minimum atomic E-state index is -1.18. The quantitative estimate of drug-likeness (QED) is 0.627. The van der Waals surface area contributed by atoms with Crippen LogP contribution in [0.4, 0.5) is 0 Å². The summed E-state index contributed by atoms with van der Waals surface area (Å²) in [6, 6.07) is -2.04. The lowest BCUT2D eigenvalue weighted by Crippen LogP contribution is -2.49. The van der Waals surface area contributed by atoms with E-state index in [0.29, 0.717) is 5.92 Å². The summed E-state index contributed by atoms with van der Waals surface area (Å²) in [5, 5.41) is 11.0. The molecule has 4 N–H and O–H groups in total. The lowest BCUT2D eigenvalue weighted by Gasteiger charge is -2.32. The first-order chi connectivity index (χ1) is 10.5. The number of rotatable bonds is 6. The Hall–Kier alpha value is -1.63. The predicted octanol–water partition coefficient (Wildman–Crippen LogP) is 1.05. The topological polar surface area (TPSA) is 119 Å². The van der Waals surface area contributed by atoms with Crippen LogP contribution in [-0.4, -0.2) is 41.1 Å². The SMILES string of the molecule is C[C@@H](NC(=O)[C@@H](N)CC(=O)O)C(=O)OC1CCCC1C(C)(C)C. The molecule has 0 aliphatic heterocycles. The molecule has 0 radical (unpaired) electrons. The fraction of sp³-hybridized carbons (Fsp3) is 0.812. The third-order valence-electron chi connectivity index (χ3n) is 4.28. The summed E-state index contributed by atoms with van der Waals surface area (Å²) in [5.74, 6) is -2.05. The molecule has 132 valence electrons. The largest absolute Gasteiger partial charge is 0.481 e. The zero-order chi connectivity index (χ0) is 17.8. The molecule has 1 fully saturated rings. The van der Waals surface area contributed by atoms with Crippen LogP contribution in [0.15, 0.2) is 0 Å². The van der Waals surface area contributed by atoms with Gasteiger partial charge in [-0.2, -0.15) is 0 Å². The fourth-order valence-corrected chi connectivity index (χ4v) is 2.97. The highest BCUT2D eigenvalue weighted by atomic mass is 16.5. The van der Waals surface area contributed by atoms with Crippen LogP contribution in [0.2, 0.25) is 0 Å². The summed E-state index contributed by atoms with van der Waals surface area (Å²) in [7, 11) is 0. The first-order valence-electron chi connectivity index (χ1n) is 8.00. The van der Waals surface area contributed by atoms with Gasteiger partial charge in [-0.05, 0) is 31.6 Å². The molecule has 1 aliphatic rings. The van der Waals surface area contributed by atoms with Crippen molar-refractivity contribution < 1.29 is 24.2 Å². The average molecular weight is 328 g/mol. The van der Waals surface area contributed by atoms with Crippen molar-refractivity contribution in [1.29, 1.82) is 0 Å². The van der Waals surface area contributed by atoms with Crippen molar-refractivity contribution in [2.24, 2.45) is 17.1 Å². The van der Waals surface area contributed by atoms with Gasteiger partial charge in [0.15, 0.2) is 0 Å². The van der Waals surface area contributed by atoms with E-state index in [0.717, 1.165) is 19.3 Å². The molecule has 0 aromatic rings. The first-order valence-corrected chi connectivity index (χ1v) is 8.00. The third kappa shape index (κ3) is 5.82. The Labute approximate surface area is 136 Å². The number of hydrogen-bond donors (Lipinski definition) is 3. The first kappa shape index (κ1) is 19.4. The Balaban J connectivity index is 2.54. The molecule has 2 unspecified atom stereocenters. The minimum Gasteiger partial charge on any atom is -0.481 e. The number of hydrogen-bond acceptors (Lipinski definition) is 5. The molecule has 7 heteroatoms. The van der Waals surface area contributed by atoms with E-state index in [1.165, 1.54) is 6.92 Å². The van der Waals surface area contributed by atoms with Gasteiger partial charge in [0.1, 0.15) is 12.1 Å². The van der Waals surface area contributed by atoms with Gasteiger partial charge in [-0.3, -0.25) is 9.59 Å². The Kier molecular flexibility index (Phi) is 6.56. The summed E-state index contributed by atoms with van der Waals surface area (Å²) < 4.78 is 5.56. The van der Waals surface area contributed by atoms with Gasteiger partial charge in [-0.1, -0.05) is 20.8 Å². The number of carbonyl (C=O) groups excluding carboxylic acids is 2. The maximum absolute atomic E-state index is 12.2. The molecule has 4 atom stereocenters. The average Bonchev–Trinajstić information content (AvgIpc) is 2.85. The van der Waals surface area contributed by atoms with Crippen LogP contribution in [0, 0.1) is 11.3 Å². The van der Waals surface area contributed by atoms with Gasteiger partial charge in [0, 0.05) is 5.92 Å². The van der Waals surface area contributed by atoms with Crippen LogP contribution < -0.4 is 11.1 Å². The number of carboxylic acid groups (broad SMARTS) is 1. The highest BCUT2D eigenvalue weighted by Gasteiger charge is 2.39. The highest BCUT2D eigenvalue weighted by molar-refractivity contribution is 5.89. The summed E-state index contributed by atoms with van der Waals surface area (Å²) >= 11 is 0. The highest BCUT2D eigenvalue weighted by Crippen LogP contribution is 2.40. The second-order valence-electron chi connectivity index (χ2n) is 7.31. The van der Waals surface area contributed by atoms with Gasteiger partial charge in [0.05, 0.1) is 12.5 Å². The van der Waals surface area contributed by atoms with Crippen molar-refractivity contribution in [3.8, 4) is 0 Å². The Bertz CT molecular complexity index is 458. The van der Waals surface area contributed by atoms with Crippen molar-refractivity contribution in [3.05, 3.63) is 0 Å². The molecule has 7 nitrogen and oxygen atoms in total. The van der Waals surface area contributed by atoms with Crippen LogP contribution in [0.5, 0.6) is 0 Å². The number of ether oxygens (including phenoxy) is 1. The molecule has 0 aromatic heterocycles. The zero-order valence-corrected chi connectivity index (χ0v) is 14.3. The van der Waals surface area contributed by atoms with Gasteiger partial charge in [-0.15, -0.1) is 0 Å². The van der Waals surface area contributed by atoms with E-state index in [2.05, 4.69) is 26.1 Å². The molecule has 1 aliphatic carbocycles. The molecule has 1 rings (SSSR count). The molecule has 1 amide bonds. The normalized spacial score (nSPS) is 23.9. The third-order valence-corrected chi connectivity index (χ3v) is 4.28. The van der Waals surface area contributed by atoms with Gasteiger partial charge in [-0.25, -0.2) is 4.79 Å². The summed E-state index contributed by atoms with van der Waals surface area (Å²) in [6.07, 6.45) is 2.24. The van der Waals surface area contributed by atoms with Crippen LogP contribution in [0.25, 0.3) is 0 Å². The molecular formula is C16H28N2O5. The van der Waals surface area contributed by atoms with Gasteiger partial charge in [0.25, 0.3) is 0 Å². The molecular weight excluding hydrogens is 300 g/mol. The Morgan fingerprint density at radius 2 is 1.91 bits per heavy atom. The molecule has 1 saturated carbocycles. The van der Waals surface area contributed by atoms with Crippen LogP contribution in [-0.2, 0) is 19.1 Å². The fourth-order valence-electron chi connectivity index (χ4n) is 2.97. The zero-order valence-electron chi connectivity index (χ0n) is 14.3. The van der Waals surface area contributed by atoms with Crippen molar-refractivity contribution in [3.63, 3.8) is 0 Å². The van der Waals surface area contributed by atoms with Crippen LogP contribution >= 0.6 is 0 Å². The van der Waals surface area contributed by atoms with E-state index in [4.69, 9.17) is 15.6 Å². The van der Waals surface area contributed by atoms with Gasteiger partial charge in [0.2, 0.25) is 5.91 Å². The second kappa shape index (κ2) is 7.77. The van der Waals surface area contributed by atoms with Crippen molar-refractivity contribution in [2.75, 3.05) is 0 Å². The number of nitrogens with one attached hydrogen (secondary N) is 1. The van der Waals surface area contributed by atoms with E-state index in [9.17, 15) is 14.4 Å². The van der Waals surface area contributed by atoms with E-state index in [1.807, 2.05) is 0 Å². The molecule has 0 saturated heterocycles. The smallest absolute Gasteiger partial charge is 0.328 e. The Morgan fingerprint density at radius 3 is 2.43 bits per heavy atom. The molecule has 0 aromatic carbocycles. The number of amides is 1. The van der Waals surface area contributed by atoms with Gasteiger partial charge >= 0.3 is 11.9 Å².